The maximum Gasteiger partial charge on any atom is 0.0118 e. The topological polar surface area (TPSA) is 15.3 Å². The third-order valence-corrected chi connectivity index (χ3v) is 4.77. The molecule has 3 unspecified atom stereocenters. The van der Waals surface area contributed by atoms with Crippen LogP contribution in [0.2, 0.25) is 0 Å². The zero-order valence-electron chi connectivity index (χ0n) is 13.8. The Kier molecular flexibility index (Phi) is 8.72. The Morgan fingerprint density at radius 1 is 1.21 bits per heavy atom. The normalized spacial score (nSPS) is 25.7. The predicted molar refractivity (Wildman–Crippen MR) is 85.7 cm³/mol. The number of hydrogen-bond donors (Lipinski definition) is 1. The summed E-state index contributed by atoms with van der Waals surface area (Å²) in [6.45, 7) is 9.45. The van der Waals surface area contributed by atoms with Crippen LogP contribution in [0.1, 0.15) is 72.1 Å². The fourth-order valence-electron chi connectivity index (χ4n) is 3.42. The van der Waals surface area contributed by atoms with Crippen molar-refractivity contribution < 1.29 is 0 Å². The molecule has 0 bridgehead atoms. The minimum Gasteiger partial charge on any atom is -0.314 e. The van der Waals surface area contributed by atoms with Crippen molar-refractivity contribution in [3.05, 3.63) is 0 Å². The van der Waals surface area contributed by atoms with Gasteiger partial charge in [-0.1, -0.05) is 33.1 Å². The molecule has 1 N–H and O–H groups in total. The molecule has 1 aliphatic rings. The second kappa shape index (κ2) is 9.77. The molecule has 0 aromatic rings. The SMILES string of the molecule is CCCNC(C)CCCCN(C)C1CCCCC1C. The van der Waals surface area contributed by atoms with Crippen LogP contribution in [0.25, 0.3) is 0 Å². The van der Waals surface area contributed by atoms with Crippen molar-refractivity contribution in [1.29, 1.82) is 0 Å². The molecule has 0 amide bonds. The lowest BCUT2D eigenvalue weighted by Gasteiger charge is -2.36. The van der Waals surface area contributed by atoms with Crippen LogP contribution in [0, 0.1) is 5.92 Å². The van der Waals surface area contributed by atoms with Crippen LogP contribution in [0.15, 0.2) is 0 Å². The number of nitrogens with one attached hydrogen (secondary N) is 1. The molecule has 3 atom stereocenters. The molecule has 0 heterocycles. The molecular formula is C17H36N2. The Morgan fingerprint density at radius 2 is 1.95 bits per heavy atom. The first-order chi connectivity index (χ1) is 9.15. The van der Waals surface area contributed by atoms with Gasteiger partial charge in [-0.2, -0.15) is 0 Å². The fraction of sp³-hybridized carbons (Fsp3) is 1.00. The van der Waals surface area contributed by atoms with E-state index >= 15 is 0 Å². The summed E-state index contributed by atoms with van der Waals surface area (Å²) < 4.78 is 0. The third kappa shape index (κ3) is 6.76. The second-order valence-corrected chi connectivity index (χ2v) is 6.66. The molecule has 0 radical (unpaired) electrons. The van der Waals surface area contributed by atoms with Crippen molar-refractivity contribution in [2.24, 2.45) is 5.92 Å². The zero-order valence-corrected chi connectivity index (χ0v) is 13.8. The highest BCUT2D eigenvalue weighted by Crippen LogP contribution is 2.27. The quantitative estimate of drug-likeness (QED) is 0.635. The molecule has 2 nitrogen and oxygen atoms in total. The summed E-state index contributed by atoms with van der Waals surface area (Å²) in [4.78, 5) is 2.63. The number of unbranched alkanes of at least 4 members (excludes halogenated alkanes) is 1. The minimum absolute atomic E-state index is 0.693. The van der Waals surface area contributed by atoms with Crippen LogP contribution < -0.4 is 5.32 Å². The van der Waals surface area contributed by atoms with Crippen LogP contribution in [0.4, 0.5) is 0 Å². The summed E-state index contributed by atoms with van der Waals surface area (Å²) in [7, 11) is 2.34. The molecule has 1 saturated carbocycles. The van der Waals surface area contributed by atoms with E-state index in [4.69, 9.17) is 0 Å². The lowest BCUT2D eigenvalue weighted by molar-refractivity contribution is 0.137. The third-order valence-electron chi connectivity index (χ3n) is 4.77. The summed E-state index contributed by atoms with van der Waals surface area (Å²) in [5.41, 5.74) is 0. The Labute approximate surface area is 121 Å². The van der Waals surface area contributed by atoms with Crippen LogP contribution >= 0.6 is 0 Å². The first-order valence-corrected chi connectivity index (χ1v) is 8.58. The standard InChI is InChI=1S/C17H36N2/c1-5-13-18-16(3)11-8-9-14-19(4)17-12-7-6-10-15(17)2/h15-18H,5-14H2,1-4H3. The highest BCUT2D eigenvalue weighted by Gasteiger charge is 2.24. The zero-order chi connectivity index (χ0) is 14.1. The summed E-state index contributed by atoms with van der Waals surface area (Å²) in [6.07, 6.45) is 11.0. The first kappa shape index (κ1) is 17.0. The van der Waals surface area contributed by atoms with Gasteiger partial charge in [-0.25, -0.2) is 0 Å². The van der Waals surface area contributed by atoms with Gasteiger partial charge in [0.05, 0.1) is 0 Å². The van der Waals surface area contributed by atoms with Gasteiger partial charge >= 0.3 is 0 Å². The molecule has 2 heteroatoms. The molecular weight excluding hydrogens is 232 g/mol. The van der Waals surface area contributed by atoms with Crippen molar-refractivity contribution in [3.63, 3.8) is 0 Å². The highest BCUT2D eigenvalue weighted by atomic mass is 15.1. The maximum absolute atomic E-state index is 3.58. The summed E-state index contributed by atoms with van der Waals surface area (Å²) in [5.74, 6) is 0.906. The number of nitrogens with zero attached hydrogens (tertiary/aromatic N) is 1. The highest BCUT2D eigenvalue weighted by molar-refractivity contribution is 4.79. The van der Waals surface area contributed by atoms with Gasteiger partial charge < -0.3 is 10.2 Å². The molecule has 1 fully saturated rings. The Bertz CT molecular complexity index is 217. The Morgan fingerprint density at radius 3 is 2.63 bits per heavy atom. The van der Waals surface area contributed by atoms with Gasteiger partial charge in [0.2, 0.25) is 0 Å². The number of rotatable bonds is 9. The van der Waals surface area contributed by atoms with Gasteiger partial charge in [0.25, 0.3) is 0 Å². The molecule has 1 rings (SSSR count). The van der Waals surface area contributed by atoms with Crippen molar-refractivity contribution in [2.75, 3.05) is 20.1 Å². The smallest absolute Gasteiger partial charge is 0.0118 e. The predicted octanol–water partition coefficient (Wildman–Crippen LogP) is 4.06. The van der Waals surface area contributed by atoms with Gasteiger partial charge in [0.1, 0.15) is 0 Å². The molecule has 0 spiro atoms. The molecule has 1 aliphatic carbocycles. The average molecular weight is 268 g/mol. The van der Waals surface area contributed by atoms with E-state index in [1.807, 2.05) is 0 Å². The van der Waals surface area contributed by atoms with Crippen LogP contribution in [0.3, 0.4) is 0 Å². The summed E-state index contributed by atoms with van der Waals surface area (Å²) >= 11 is 0. The van der Waals surface area contributed by atoms with E-state index in [1.54, 1.807) is 0 Å². The maximum atomic E-state index is 3.58. The molecule has 0 aromatic carbocycles. The van der Waals surface area contributed by atoms with Crippen molar-refractivity contribution in [3.8, 4) is 0 Å². The van der Waals surface area contributed by atoms with Crippen molar-refractivity contribution >= 4 is 0 Å². The van der Waals surface area contributed by atoms with Gasteiger partial charge in [-0.05, 0) is 65.1 Å². The van der Waals surface area contributed by atoms with Crippen LogP contribution in [-0.2, 0) is 0 Å². The van der Waals surface area contributed by atoms with E-state index < -0.39 is 0 Å². The van der Waals surface area contributed by atoms with Gasteiger partial charge in [-0.15, -0.1) is 0 Å². The first-order valence-electron chi connectivity index (χ1n) is 8.58. The molecule has 114 valence electrons. The van der Waals surface area contributed by atoms with Crippen molar-refractivity contribution in [2.45, 2.75) is 84.2 Å². The largest absolute Gasteiger partial charge is 0.314 e. The van der Waals surface area contributed by atoms with Crippen LogP contribution in [-0.4, -0.2) is 37.1 Å². The van der Waals surface area contributed by atoms with E-state index in [-0.39, 0.29) is 0 Å². The fourth-order valence-corrected chi connectivity index (χ4v) is 3.42. The molecule has 0 aliphatic heterocycles. The van der Waals surface area contributed by atoms with Crippen molar-refractivity contribution in [1.82, 2.24) is 10.2 Å². The Hall–Kier alpha value is -0.0800. The van der Waals surface area contributed by atoms with E-state index in [9.17, 15) is 0 Å². The minimum atomic E-state index is 0.693. The molecule has 0 saturated heterocycles. The monoisotopic (exact) mass is 268 g/mol. The lowest BCUT2D eigenvalue weighted by atomic mass is 9.85. The summed E-state index contributed by atoms with van der Waals surface area (Å²) in [6, 6.07) is 1.54. The molecule has 19 heavy (non-hydrogen) atoms. The summed E-state index contributed by atoms with van der Waals surface area (Å²) in [5, 5.41) is 3.58. The van der Waals surface area contributed by atoms with Gasteiger partial charge in [0.15, 0.2) is 0 Å². The van der Waals surface area contributed by atoms with E-state index in [1.165, 1.54) is 64.5 Å². The van der Waals surface area contributed by atoms with E-state index in [0.29, 0.717) is 6.04 Å². The Balaban J connectivity index is 2.07. The van der Waals surface area contributed by atoms with E-state index in [0.717, 1.165) is 12.0 Å². The van der Waals surface area contributed by atoms with Gasteiger partial charge in [-0.3, -0.25) is 0 Å². The second-order valence-electron chi connectivity index (χ2n) is 6.66. The van der Waals surface area contributed by atoms with Crippen LogP contribution in [0.5, 0.6) is 0 Å². The average Bonchev–Trinajstić information content (AvgIpc) is 2.41. The lowest BCUT2D eigenvalue weighted by Crippen LogP contribution is -2.39. The number of hydrogen-bond acceptors (Lipinski definition) is 2. The van der Waals surface area contributed by atoms with E-state index in [2.05, 4.69) is 38.0 Å². The van der Waals surface area contributed by atoms with Gasteiger partial charge in [0, 0.05) is 12.1 Å². The molecule has 0 aromatic heterocycles.